The molecule has 0 rings (SSSR count). The van der Waals surface area contributed by atoms with Crippen LogP contribution in [-0.4, -0.2) is 40.3 Å². The normalized spacial score (nSPS) is 15.6. The van der Waals surface area contributed by atoms with Crippen LogP contribution in [0.1, 0.15) is 34.1 Å². The zero-order valence-corrected chi connectivity index (χ0v) is 11.7. The number of hydrogen-bond acceptors (Lipinski definition) is 3. The highest BCUT2D eigenvalue weighted by Crippen LogP contribution is 1.99. The molecule has 0 aliphatic heterocycles. The highest BCUT2D eigenvalue weighted by Gasteiger charge is 2.18. The summed E-state index contributed by atoms with van der Waals surface area (Å²) in [7, 11) is -0.747. The number of rotatable bonds is 6. The van der Waals surface area contributed by atoms with Crippen molar-refractivity contribution in [2.75, 3.05) is 18.6 Å². The summed E-state index contributed by atoms with van der Waals surface area (Å²) >= 11 is 0. The van der Waals surface area contributed by atoms with E-state index in [1.807, 2.05) is 27.7 Å². The van der Waals surface area contributed by atoms with Crippen LogP contribution in [0.2, 0.25) is 0 Å². The van der Waals surface area contributed by atoms with E-state index in [0.717, 1.165) is 13.0 Å². The molecule has 0 bridgehead atoms. The number of carbonyl (C=O) groups excluding carboxylic acids is 1. The molecule has 4 nitrogen and oxygen atoms in total. The third-order valence-corrected chi connectivity index (χ3v) is 2.81. The van der Waals surface area contributed by atoms with E-state index >= 15 is 0 Å². The number of carbonyl (C=O) groups is 1. The monoisotopic (exact) mass is 248 g/mol. The Kier molecular flexibility index (Phi) is 6.83. The maximum Gasteiger partial charge on any atom is 0.237 e. The van der Waals surface area contributed by atoms with E-state index in [1.165, 1.54) is 0 Å². The summed E-state index contributed by atoms with van der Waals surface area (Å²) in [5.41, 5.74) is -0.196. The molecule has 2 atom stereocenters. The van der Waals surface area contributed by atoms with Gasteiger partial charge < -0.3 is 10.6 Å². The average molecular weight is 248 g/mol. The largest absolute Gasteiger partial charge is 0.350 e. The van der Waals surface area contributed by atoms with Crippen molar-refractivity contribution in [1.29, 1.82) is 0 Å². The molecular formula is C11H24N2O2S. The van der Waals surface area contributed by atoms with Crippen LogP contribution in [0.4, 0.5) is 0 Å². The van der Waals surface area contributed by atoms with Gasteiger partial charge in [0, 0.05) is 28.3 Å². The topological polar surface area (TPSA) is 58.2 Å². The molecule has 96 valence electrons. The summed E-state index contributed by atoms with van der Waals surface area (Å²) in [4.78, 5) is 11.7. The van der Waals surface area contributed by atoms with Crippen molar-refractivity contribution in [2.45, 2.75) is 45.7 Å². The summed E-state index contributed by atoms with van der Waals surface area (Å²) in [6.07, 6.45) is 2.52. The van der Waals surface area contributed by atoms with Crippen LogP contribution >= 0.6 is 0 Å². The van der Waals surface area contributed by atoms with Gasteiger partial charge in [-0.25, -0.2) is 0 Å². The van der Waals surface area contributed by atoms with Crippen molar-refractivity contribution >= 4 is 16.7 Å². The van der Waals surface area contributed by atoms with E-state index in [9.17, 15) is 9.00 Å². The third kappa shape index (κ3) is 8.85. The van der Waals surface area contributed by atoms with E-state index in [1.54, 1.807) is 6.26 Å². The number of nitrogens with one attached hydrogen (secondary N) is 2. The fraction of sp³-hybridized carbons (Fsp3) is 0.909. The maximum atomic E-state index is 11.7. The van der Waals surface area contributed by atoms with Gasteiger partial charge in [0.25, 0.3) is 0 Å². The Morgan fingerprint density at radius 2 is 1.94 bits per heavy atom. The minimum absolute atomic E-state index is 0.00474. The van der Waals surface area contributed by atoms with Crippen molar-refractivity contribution in [1.82, 2.24) is 10.6 Å². The summed E-state index contributed by atoms with van der Waals surface area (Å²) in [6.45, 7) is 8.43. The first-order valence-electron chi connectivity index (χ1n) is 5.58. The summed E-state index contributed by atoms with van der Waals surface area (Å²) in [6, 6.07) is -0.204. The summed E-state index contributed by atoms with van der Waals surface area (Å²) in [5.74, 6) is 0.686. The van der Waals surface area contributed by atoms with Crippen molar-refractivity contribution in [2.24, 2.45) is 0 Å². The van der Waals surface area contributed by atoms with Crippen molar-refractivity contribution in [3.8, 4) is 0 Å². The fourth-order valence-corrected chi connectivity index (χ4v) is 1.72. The first-order valence-corrected chi connectivity index (χ1v) is 7.30. The maximum absolute atomic E-state index is 11.7. The second-order valence-corrected chi connectivity index (χ2v) is 6.60. The van der Waals surface area contributed by atoms with Gasteiger partial charge in [0.2, 0.25) is 5.91 Å². The Bertz CT molecular complexity index is 249. The lowest BCUT2D eigenvalue weighted by atomic mass is 10.1. The fourth-order valence-electron chi connectivity index (χ4n) is 1.16. The predicted octanol–water partition coefficient (Wildman–Crippen LogP) is 0.648. The molecule has 0 aliphatic carbocycles. The molecular weight excluding hydrogens is 224 g/mol. The molecule has 5 heteroatoms. The first-order chi connectivity index (χ1) is 7.22. The third-order valence-electron chi connectivity index (χ3n) is 1.95. The summed E-state index contributed by atoms with van der Waals surface area (Å²) in [5, 5.41) is 6.02. The number of amides is 1. The molecule has 0 aromatic rings. The second kappa shape index (κ2) is 7.01. The number of hydrogen-bond donors (Lipinski definition) is 2. The van der Waals surface area contributed by atoms with Crippen molar-refractivity contribution in [3.05, 3.63) is 0 Å². The molecule has 2 unspecified atom stereocenters. The molecule has 2 N–H and O–H groups in total. The SMILES string of the molecule is CC(NCCCS(C)=O)C(=O)NC(C)(C)C. The molecule has 0 spiro atoms. The Hall–Kier alpha value is -0.420. The lowest BCUT2D eigenvalue weighted by molar-refractivity contribution is -0.124. The van der Waals surface area contributed by atoms with Crippen LogP contribution in [0, 0.1) is 0 Å². The first kappa shape index (κ1) is 15.6. The Labute approximate surface area is 101 Å². The molecule has 1 amide bonds. The van der Waals surface area contributed by atoms with Gasteiger partial charge in [-0.3, -0.25) is 9.00 Å². The van der Waals surface area contributed by atoms with Crippen LogP contribution in [0.5, 0.6) is 0 Å². The van der Waals surface area contributed by atoms with E-state index in [2.05, 4.69) is 10.6 Å². The quantitative estimate of drug-likeness (QED) is 0.679. The molecule has 0 aromatic heterocycles. The van der Waals surface area contributed by atoms with E-state index < -0.39 is 10.8 Å². The molecule has 0 saturated carbocycles. The van der Waals surface area contributed by atoms with Crippen molar-refractivity contribution < 1.29 is 9.00 Å². The average Bonchev–Trinajstić information content (AvgIpc) is 2.08. The molecule has 16 heavy (non-hydrogen) atoms. The minimum Gasteiger partial charge on any atom is -0.350 e. The highest BCUT2D eigenvalue weighted by atomic mass is 32.2. The molecule has 0 heterocycles. The zero-order chi connectivity index (χ0) is 12.8. The van der Waals surface area contributed by atoms with Gasteiger partial charge in [-0.2, -0.15) is 0 Å². The van der Waals surface area contributed by atoms with Gasteiger partial charge in [-0.1, -0.05) is 0 Å². The Morgan fingerprint density at radius 1 is 1.38 bits per heavy atom. The van der Waals surface area contributed by atoms with Gasteiger partial charge in [-0.05, 0) is 40.7 Å². The molecule has 0 aliphatic rings. The lowest BCUT2D eigenvalue weighted by Gasteiger charge is -2.23. The van der Waals surface area contributed by atoms with Gasteiger partial charge >= 0.3 is 0 Å². The van der Waals surface area contributed by atoms with Crippen LogP contribution in [0.3, 0.4) is 0 Å². The van der Waals surface area contributed by atoms with Crippen molar-refractivity contribution in [3.63, 3.8) is 0 Å². The predicted molar refractivity (Wildman–Crippen MR) is 68.9 cm³/mol. The summed E-state index contributed by atoms with van der Waals surface area (Å²) < 4.78 is 10.8. The minimum atomic E-state index is -0.747. The molecule has 0 saturated heterocycles. The second-order valence-electron chi connectivity index (χ2n) is 5.05. The van der Waals surface area contributed by atoms with Crippen LogP contribution in [0.25, 0.3) is 0 Å². The lowest BCUT2D eigenvalue weighted by Crippen LogP contribution is -2.49. The van der Waals surface area contributed by atoms with Gasteiger partial charge in [-0.15, -0.1) is 0 Å². The smallest absolute Gasteiger partial charge is 0.237 e. The Balaban J connectivity index is 3.76. The van der Waals surface area contributed by atoms with Gasteiger partial charge in [0.15, 0.2) is 0 Å². The van der Waals surface area contributed by atoms with E-state index in [-0.39, 0.29) is 17.5 Å². The molecule has 0 radical (unpaired) electrons. The Morgan fingerprint density at radius 3 is 2.38 bits per heavy atom. The van der Waals surface area contributed by atoms with Gasteiger partial charge in [0.05, 0.1) is 6.04 Å². The van der Waals surface area contributed by atoms with E-state index in [4.69, 9.17) is 0 Å². The van der Waals surface area contributed by atoms with Crippen LogP contribution in [0.15, 0.2) is 0 Å². The highest BCUT2D eigenvalue weighted by molar-refractivity contribution is 7.84. The van der Waals surface area contributed by atoms with Crippen LogP contribution < -0.4 is 10.6 Å². The zero-order valence-electron chi connectivity index (χ0n) is 10.9. The van der Waals surface area contributed by atoms with Crippen LogP contribution in [-0.2, 0) is 15.6 Å². The standard InChI is InChI=1S/C11H24N2O2S/c1-9(10(14)13-11(2,3)4)12-7-6-8-16(5)15/h9,12H,6-8H2,1-5H3,(H,13,14). The molecule has 0 aromatic carbocycles. The molecule has 0 fully saturated rings. The van der Waals surface area contributed by atoms with E-state index in [0.29, 0.717) is 5.75 Å². The van der Waals surface area contributed by atoms with Gasteiger partial charge in [0.1, 0.15) is 0 Å².